The largest absolute Gasteiger partial charge is 0.462 e. The quantitative estimate of drug-likeness (QED) is 0.0200. The zero-order chi connectivity index (χ0) is 44.4. The molecule has 0 amide bonds. The Morgan fingerprint density at radius 2 is 0.672 bits per heavy atom. The molecular weight excluding hydrogens is 757 g/mol. The van der Waals surface area contributed by atoms with Crippen LogP contribution in [0.4, 0.5) is 0 Å². The van der Waals surface area contributed by atoms with Crippen LogP contribution in [0.2, 0.25) is 0 Å². The van der Waals surface area contributed by atoms with Crippen LogP contribution in [0, 0.1) is 0 Å². The fraction of sp³-hybridized carbons (Fsp3) is 0.727. The summed E-state index contributed by atoms with van der Waals surface area (Å²) in [6.45, 7) is 6.41. The molecule has 0 saturated carbocycles. The Morgan fingerprint density at radius 3 is 1.11 bits per heavy atom. The molecule has 0 bridgehead atoms. The summed E-state index contributed by atoms with van der Waals surface area (Å²) < 4.78 is 16.7. The third-order valence-corrected chi connectivity index (χ3v) is 10.8. The monoisotopic (exact) mass is 851 g/mol. The van der Waals surface area contributed by atoms with E-state index in [1.165, 1.54) is 116 Å². The lowest BCUT2D eigenvalue weighted by molar-refractivity contribution is -0.167. The lowest BCUT2D eigenvalue weighted by atomic mass is 10.1. The first kappa shape index (κ1) is 57.9. The van der Waals surface area contributed by atoms with Crippen molar-refractivity contribution in [2.75, 3.05) is 13.2 Å². The summed E-state index contributed by atoms with van der Waals surface area (Å²) in [5, 5.41) is 0. The lowest BCUT2D eigenvalue weighted by Crippen LogP contribution is -2.30. The number of allylic oxidation sites excluding steroid dienone is 12. The van der Waals surface area contributed by atoms with E-state index in [0.29, 0.717) is 19.3 Å². The summed E-state index contributed by atoms with van der Waals surface area (Å²) in [7, 11) is 0. The van der Waals surface area contributed by atoms with Crippen molar-refractivity contribution in [1.82, 2.24) is 0 Å². The Morgan fingerprint density at radius 1 is 0.344 bits per heavy atom. The maximum atomic E-state index is 12.8. The van der Waals surface area contributed by atoms with Gasteiger partial charge in [0.2, 0.25) is 0 Å². The molecule has 1 atom stereocenters. The number of unbranched alkanes of at least 4 members (excludes halogenated alkanes) is 25. The third kappa shape index (κ3) is 47.7. The zero-order valence-corrected chi connectivity index (χ0v) is 39.9. The van der Waals surface area contributed by atoms with Gasteiger partial charge in [0.1, 0.15) is 13.2 Å². The van der Waals surface area contributed by atoms with Crippen LogP contribution in [0.15, 0.2) is 72.9 Å². The Kier molecular flexibility index (Phi) is 46.9. The van der Waals surface area contributed by atoms with Gasteiger partial charge >= 0.3 is 17.9 Å². The maximum absolute atomic E-state index is 12.8. The van der Waals surface area contributed by atoms with Crippen LogP contribution < -0.4 is 0 Å². The van der Waals surface area contributed by atoms with Crippen molar-refractivity contribution in [3.8, 4) is 0 Å². The Labute approximate surface area is 376 Å². The number of esters is 3. The second kappa shape index (κ2) is 49.5. The van der Waals surface area contributed by atoms with E-state index in [2.05, 4.69) is 93.7 Å². The Bertz CT molecular complexity index is 1160. The first-order valence-corrected chi connectivity index (χ1v) is 25.5. The van der Waals surface area contributed by atoms with E-state index in [1.807, 2.05) is 0 Å². The van der Waals surface area contributed by atoms with Gasteiger partial charge in [0.25, 0.3) is 0 Å². The summed E-state index contributed by atoms with van der Waals surface area (Å²) in [5.41, 5.74) is 0. The van der Waals surface area contributed by atoms with E-state index in [9.17, 15) is 14.4 Å². The van der Waals surface area contributed by atoms with Crippen molar-refractivity contribution < 1.29 is 28.6 Å². The van der Waals surface area contributed by atoms with E-state index in [4.69, 9.17) is 14.2 Å². The van der Waals surface area contributed by atoms with Gasteiger partial charge in [-0.1, -0.05) is 209 Å². The highest BCUT2D eigenvalue weighted by Gasteiger charge is 2.19. The number of carbonyl (C=O) groups is 3. The van der Waals surface area contributed by atoms with E-state index in [0.717, 1.165) is 83.5 Å². The highest BCUT2D eigenvalue weighted by Crippen LogP contribution is 2.14. The average molecular weight is 851 g/mol. The molecule has 0 rings (SSSR count). The van der Waals surface area contributed by atoms with Crippen LogP contribution in [0.1, 0.15) is 239 Å². The van der Waals surface area contributed by atoms with Crippen molar-refractivity contribution in [3.63, 3.8) is 0 Å². The van der Waals surface area contributed by atoms with Crippen LogP contribution in [0.3, 0.4) is 0 Å². The summed E-state index contributed by atoms with van der Waals surface area (Å²) in [6.07, 6.45) is 61.7. The van der Waals surface area contributed by atoms with Gasteiger partial charge in [-0.15, -0.1) is 0 Å². The molecule has 0 radical (unpaired) electrons. The fourth-order valence-electron chi connectivity index (χ4n) is 6.88. The van der Waals surface area contributed by atoms with Gasteiger partial charge in [-0.3, -0.25) is 14.4 Å². The molecule has 0 aromatic rings. The van der Waals surface area contributed by atoms with E-state index in [-0.39, 0.29) is 31.1 Å². The second-order valence-corrected chi connectivity index (χ2v) is 16.8. The van der Waals surface area contributed by atoms with Gasteiger partial charge in [0, 0.05) is 19.3 Å². The zero-order valence-electron chi connectivity index (χ0n) is 39.9. The Hall–Kier alpha value is -3.15. The SMILES string of the molecule is CC\C=C/C=C\C=C/CCCCCCCCCC(=O)OC(COC(=O)CCCCC/C=C\C=C/CCCC)COC(=O)CCCCCCCCC/C=C\CCCCCCCC. The first-order chi connectivity index (χ1) is 30.0. The standard InChI is InChI=1S/C55H94O6/c1-4-7-10-13-16-19-22-24-26-27-29-30-33-36-39-42-45-48-54(57)60-51-52(50-59-53(56)47-44-41-38-35-32-21-18-15-12-9-6-3)61-55(58)49-46-43-40-37-34-31-28-25-23-20-17-14-11-8-5-2/h8,11,14-15,17-18,20-21,23-24,26,32,52H,4-7,9-10,12-13,16,19,22,25,27-31,33-51H2,1-3H3/b11-8-,17-14-,18-15-,23-20-,26-24-,32-21-. The summed E-state index contributed by atoms with van der Waals surface area (Å²) >= 11 is 0. The molecule has 0 aliphatic carbocycles. The molecule has 6 heteroatoms. The molecule has 0 spiro atoms. The van der Waals surface area contributed by atoms with Crippen molar-refractivity contribution in [2.45, 2.75) is 245 Å². The molecule has 0 aromatic heterocycles. The molecular formula is C55H94O6. The van der Waals surface area contributed by atoms with Crippen molar-refractivity contribution in [2.24, 2.45) is 0 Å². The number of hydrogen-bond donors (Lipinski definition) is 0. The summed E-state index contributed by atoms with van der Waals surface area (Å²) in [5.74, 6) is -0.937. The van der Waals surface area contributed by atoms with Crippen LogP contribution in [-0.4, -0.2) is 37.2 Å². The molecule has 350 valence electrons. The molecule has 0 saturated heterocycles. The molecule has 0 aliphatic heterocycles. The molecule has 0 fully saturated rings. The molecule has 61 heavy (non-hydrogen) atoms. The van der Waals surface area contributed by atoms with Gasteiger partial charge in [-0.05, 0) is 83.5 Å². The normalized spacial score (nSPS) is 12.6. The van der Waals surface area contributed by atoms with Crippen LogP contribution >= 0.6 is 0 Å². The van der Waals surface area contributed by atoms with Gasteiger partial charge in [0.15, 0.2) is 6.10 Å². The summed E-state index contributed by atoms with van der Waals surface area (Å²) in [4.78, 5) is 37.9. The number of hydrogen-bond acceptors (Lipinski definition) is 6. The second-order valence-electron chi connectivity index (χ2n) is 16.8. The number of ether oxygens (including phenoxy) is 3. The Balaban J connectivity index is 4.40. The molecule has 1 unspecified atom stereocenters. The van der Waals surface area contributed by atoms with Crippen molar-refractivity contribution in [3.05, 3.63) is 72.9 Å². The van der Waals surface area contributed by atoms with Crippen LogP contribution in [-0.2, 0) is 28.6 Å². The van der Waals surface area contributed by atoms with Gasteiger partial charge in [-0.25, -0.2) is 0 Å². The van der Waals surface area contributed by atoms with Gasteiger partial charge < -0.3 is 14.2 Å². The molecule has 0 aromatic carbocycles. The molecule has 0 aliphatic rings. The third-order valence-electron chi connectivity index (χ3n) is 10.8. The van der Waals surface area contributed by atoms with Crippen LogP contribution in [0.5, 0.6) is 0 Å². The fourth-order valence-corrected chi connectivity index (χ4v) is 6.88. The number of carbonyl (C=O) groups excluding carboxylic acids is 3. The van der Waals surface area contributed by atoms with Crippen LogP contribution in [0.25, 0.3) is 0 Å². The van der Waals surface area contributed by atoms with Crippen molar-refractivity contribution in [1.29, 1.82) is 0 Å². The molecule has 0 heterocycles. The highest BCUT2D eigenvalue weighted by molar-refractivity contribution is 5.71. The predicted octanol–water partition coefficient (Wildman–Crippen LogP) is 16.6. The number of rotatable bonds is 45. The van der Waals surface area contributed by atoms with Gasteiger partial charge in [0.05, 0.1) is 0 Å². The van der Waals surface area contributed by atoms with Crippen molar-refractivity contribution >= 4 is 17.9 Å². The maximum Gasteiger partial charge on any atom is 0.306 e. The summed E-state index contributed by atoms with van der Waals surface area (Å²) in [6, 6.07) is 0. The van der Waals surface area contributed by atoms with E-state index >= 15 is 0 Å². The first-order valence-electron chi connectivity index (χ1n) is 25.5. The minimum absolute atomic E-state index is 0.0914. The lowest BCUT2D eigenvalue weighted by Gasteiger charge is -2.18. The smallest absolute Gasteiger partial charge is 0.306 e. The predicted molar refractivity (Wildman–Crippen MR) is 261 cm³/mol. The minimum atomic E-state index is -0.793. The molecule has 0 N–H and O–H groups in total. The average Bonchev–Trinajstić information content (AvgIpc) is 3.26. The van der Waals surface area contributed by atoms with Gasteiger partial charge in [-0.2, -0.15) is 0 Å². The van der Waals surface area contributed by atoms with E-state index in [1.54, 1.807) is 0 Å². The topological polar surface area (TPSA) is 78.9 Å². The highest BCUT2D eigenvalue weighted by atomic mass is 16.6. The minimum Gasteiger partial charge on any atom is -0.462 e. The molecule has 6 nitrogen and oxygen atoms in total. The van der Waals surface area contributed by atoms with E-state index < -0.39 is 6.10 Å².